The van der Waals surface area contributed by atoms with Crippen LogP contribution >= 0.6 is 0 Å². The number of hydrogen-bond acceptors (Lipinski definition) is 4. The smallest absolute Gasteiger partial charge is 0.0555 e. The summed E-state index contributed by atoms with van der Waals surface area (Å²) in [5.41, 5.74) is 0. The van der Waals surface area contributed by atoms with E-state index in [2.05, 4.69) is 19.6 Å². The van der Waals surface area contributed by atoms with Crippen LogP contribution in [0.3, 0.4) is 0 Å². The maximum absolute atomic E-state index is 2.47. The van der Waals surface area contributed by atoms with Gasteiger partial charge in [-0.05, 0) is 0 Å². The zero-order valence-corrected chi connectivity index (χ0v) is 9.37. The van der Waals surface area contributed by atoms with Crippen molar-refractivity contribution in [3.8, 4) is 0 Å². The second kappa shape index (κ2) is 2.78. The Hall–Kier alpha value is 0.528. The van der Waals surface area contributed by atoms with Crippen LogP contribution in [0.15, 0.2) is 0 Å². The average molecular weight is 324 g/mol. The van der Waals surface area contributed by atoms with E-state index in [1.165, 1.54) is 40.0 Å². The first-order valence-corrected chi connectivity index (χ1v) is 3.79. The molecule has 4 heterocycles. The molecule has 0 saturated carbocycles. The molecular weight excluding hydrogens is 312 g/mol. The molecule has 4 aliphatic heterocycles. The van der Waals surface area contributed by atoms with Crippen LogP contribution < -0.4 is 0 Å². The molecule has 0 atom stereocenters. The summed E-state index contributed by atoms with van der Waals surface area (Å²) in [5.74, 6) is 0. The fraction of sp³-hybridized carbons (Fsp3) is 1.00. The van der Waals surface area contributed by atoms with Crippen LogP contribution in [0, 0.1) is 0 Å². The number of rotatable bonds is 0. The fourth-order valence-corrected chi connectivity index (χ4v) is 2.23. The Morgan fingerprint density at radius 2 is 0.636 bits per heavy atom. The van der Waals surface area contributed by atoms with Crippen molar-refractivity contribution >= 4 is 0 Å². The van der Waals surface area contributed by atoms with Crippen LogP contribution in [-0.4, -0.2) is 59.6 Å². The summed E-state index contributed by atoms with van der Waals surface area (Å²) in [6.45, 7) is 7.12. The zero-order chi connectivity index (χ0) is 6.55. The zero-order valence-electron chi connectivity index (χ0n) is 6.44. The van der Waals surface area contributed by atoms with Crippen LogP contribution in [0.2, 0.25) is 0 Å². The molecule has 0 spiro atoms. The van der Waals surface area contributed by atoms with Crippen molar-refractivity contribution in [1.29, 1.82) is 0 Å². The van der Waals surface area contributed by atoms with Gasteiger partial charge in [-0.1, -0.05) is 0 Å². The Morgan fingerprint density at radius 3 is 0.818 bits per heavy atom. The summed E-state index contributed by atoms with van der Waals surface area (Å²) in [5, 5.41) is 0. The van der Waals surface area contributed by atoms with Crippen LogP contribution in [0.4, 0.5) is 0 Å². The number of hydrogen-bond donors (Lipinski definition) is 0. The molecule has 5 heteroatoms. The van der Waals surface area contributed by atoms with Gasteiger partial charge < -0.3 is 0 Å². The summed E-state index contributed by atoms with van der Waals surface area (Å²) >= 11 is 0. The summed E-state index contributed by atoms with van der Waals surface area (Å²) in [7, 11) is 0. The van der Waals surface area contributed by atoms with Gasteiger partial charge in [0, 0.05) is 21.1 Å². The van der Waals surface area contributed by atoms with Crippen molar-refractivity contribution in [2.75, 3.05) is 40.0 Å². The van der Waals surface area contributed by atoms with Gasteiger partial charge in [0.15, 0.2) is 0 Å². The Labute approximate surface area is 81.0 Å². The molecule has 4 nitrogen and oxygen atoms in total. The third kappa shape index (κ3) is 1.27. The van der Waals surface area contributed by atoms with E-state index in [1.54, 1.807) is 0 Å². The second-order valence-electron chi connectivity index (χ2n) is 3.53. The van der Waals surface area contributed by atoms with Crippen molar-refractivity contribution < 1.29 is 21.1 Å². The minimum atomic E-state index is 0. The van der Waals surface area contributed by atoms with Gasteiger partial charge >= 0.3 is 0 Å². The van der Waals surface area contributed by atoms with Crippen molar-refractivity contribution in [2.24, 2.45) is 0 Å². The molecule has 0 N–H and O–H groups in total. The molecule has 0 aromatic heterocycles. The van der Waals surface area contributed by atoms with Crippen molar-refractivity contribution in [3.05, 3.63) is 0 Å². The minimum absolute atomic E-state index is 0. The molecule has 0 aromatic carbocycles. The van der Waals surface area contributed by atoms with Crippen molar-refractivity contribution in [1.82, 2.24) is 19.6 Å². The van der Waals surface area contributed by atoms with Gasteiger partial charge in [-0.15, -0.1) is 0 Å². The molecule has 0 amide bonds. The van der Waals surface area contributed by atoms with Gasteiger partial charge in [0.05, 0.1) is 40.0 Å². The van der Waals surface area contributed by atoms with Crippen LogP contribution in [0.25, 0.3) is 0 Å². The molecule has 0 aliphatic carbocycles. The minimum Gasteiger partial charge on any atom is -0.264 e. The predicted octanol–water partition coefficient (Wildman–Crippen LogP) is -1.02. The van der Waals surface area contributed by atoms with Gasteiger partial charge in [-0.3, -0.25) is 19.6 Å². The normalized spacial score (nSPS) is 52.4. The van der Waals surface area contributed by atoms with E-state index >= 15 is 0 Å². The van der Waals surface area contributed by atoms with E-state index in [-0.39, 0.29) is 21.1 Å². The molecule has 0 unspecified atom stereocenters. The van der Waals surface area contributed by atoms with Crippen molar-refractivity contribution in [3.63, 3.8) is 0 Å². The van der Waals surface area contributed by atoms with Gasteiger partial charge in [0.2, 0.25) is 0 Å². The van der Waals surface area contributed by atoms with Crippen LogP contribution in [0.1, 0.15) is 0 Å². The van der Waals surface area contributed by atoms with E-state index < -0.39 is 0 Å². The van der Waals surface area contributed by atoms with Gasteiger partial charge in [-0.25, -0.2) is 0 Å². The Kier molecular flexibility index (Phi) is 2.06. The first-order valence-electron chi connectivity index (χ1n) is 3.79. The Balaban J connectivity index is 0.000000480. The molecule has 62 valence electrons. The van der Waals surface area contributed by atoms with E-state index in [0.29, 0.717) is 0 Å². The first kappa shape index (κ1) is 8.14. The monoisotopic (exact) mass is 324 g/mol. The molecular formula is C6H12N4W. The third-order valence-electron chi connectivity index (χ3n) is 2.40. The summed E-state index contributed by atoms with van der Waals surface area (Å²) in [6, 6.07) is 0. The Morgan fingerprint density at radius 1 is 0.455 bits per heavy atom. The molecule has 4 aliphatic rings. The molecule has 4 rings (SSSR count). The summed E-state index contributed by atoms with van der Waals surface area (Å²) < 4.78 is 0. The second-order valence-corrected chi connectivity index (χ2v) is 3.53. The summed E-state index contributed by atoms with van der Waals surface area (Å²) in [6.07, 6.45) is 0. The maximum Gasteiger partial charge on any atom is 0.0555 e. The SMILES string of the molecule is C1N2CN3CN1CN(C2)C3.[W]. The largest absolute Gasteiger partial charge is 0.264 e. The first-order chi connectivity index (χ1) is 4.90. The quantitative estimate of drug-likeness (QED) is 0.565. The standard InChI is InChI=1S/C6H12N4.W/c1-7-2-9-4-8(1)5-10(3-7)6-9;/h1-6H2;. The molecule has 4 saturated heterocycles. The maximum atomic E-state index is 2.47. The van der Waals surface area contributed by atoms with E-state index in [4.69, 9.17) is 0 Å². The van der Waals surface area contributed by atoms with Crippen LogP contribution in [0.5, 0.6) is 0 Å². The molecule has 4 fully saturated rings. The molecule has 0 radical (unpaired) electrons. The van der Waals surface area contributed by atoms with E-state index in [0.717, 1.165) is 0 Å². The Bertz CT molecular complexity index is 106. The van der Waals surface area contributed by atoms with E-state index in [9.17, 15) is 0 Å². The van der Waals surface area contributed by atoms with Gasteiger partial charge in [0.25, 0.3) is 0 Å². The fourth-order valence-electron chi connectivity index (χ4n) is 2.23. The molecule has 0 aromatic rings. The van der Waals surface area contributed by atoms with Gasteiger partial charge in [-0.2, -0.15) is 0 Å². The molecule has 4 bridgehead atoms. The summed E-state index contributed by atoms with van der Waals surface area (Å²) in [4.78, 5) is 9.88. The topological polar surface area (TPSA) is 13.0 Å². The number of nitrogens with zero attached hydrogens (tertiary/aromatic N) is 4. The molecule has 11 heavy (non-hydrogen) atoms. The predicted molar refractivity (Wildman–Crippen MR) is 36.6 cm³/mol. The average Bonchev–Trinajstić information content (AvgIpc) is 1.82. The third-order valence-corrected chi connectivity index (χ3v) is 2.40. The van der Waals surface area contributed by atoms with Crippen LogP contribution in [-0.2, 0) is 21.1 Å². The van der Waals surface area contributed by atoms with Gasteiger partial charge in [0.1, 0.15) is 0 Å². The van der Waals surface area contributed by atoms with E-state index in [1.807, 2.05) is 0 Å². The van der Waals surface area contributed by atoms with Crippen molar-refractivity contribution in [2.45, 2.75) is 0 Å².